The molecule has 2 aromatic carbocycles. The summed E-state index contributed by atoms with van der Waals surface area (Å²) in [5.74, 6) is -0.924. The van der Waals surface area contributed by atoms with Crippen molar-refractivity contribution in [3.8, 4) is 17.2 Å². The SMILES string of the molecule is COC(=O)C1=C(C)NC(C)=C(C(=O)OCC=Cc2ccc(Cn3ccnc3)cc2)C1c1ccc(OC)c(OC)c1OC. The second-order valence-corrected chi connectivity index (χ2v) is 9.53. The number of hydrogen-bond acceptors (Lipinski definition) is 9. The number of aromatic nitrogens is 2. The quantitative estimate of drug-likeness (QED) is 0.329. The van der Waals surface area contributed by atoms with Crippen molar-refractivity contribution in [2.24, 2.45) is 0 Å². The average Bonchev–Trinajstić information content (AvgIpc) is 3.51. The van der Waals surface area contributed by atoms with E-state index in [1.54, 1.807) is 44.6 Å². The summed E-state index contributed by atoms with van der Waals surface area (Å²) in [5, 5.41) is 3.14. The predicted octanol–water partition coefficient (Wildman–Crippen LogP) is 4.62. The third kappa shape index (κ3) is 6.33. The zero-order chi connectivity index (χ0) is 30.2. The maximum Gasteiger partial charge on any atom is 0.337 e. The van der Waals surface area contributed by atoms with Crippen LogP contribution in [0.15, 0.2) is 83.7 Å². The molecule has 10 heteroatoms. The molecule has 4 rings (SSSR count). The number of esters is 2. The van der Waals surface area contributed by atoms with Gasteiger partial charge in [0.05, 0.1) is 51.8 Å². The van der Waals surface area contributed by atoms with Crippen LogP contribution >= 0.6 is 0 Å². The summed E-state index contributed by atoms with van der Waals surface area (Å²) in [6, 6.07) is 11.5. The van der Waals surface area contributed by atoms with Crippen molar-refractivity contribution in [3.05, 3.63) is 100 Å². The summed E-state index contributed by atoms with van der Waals surface area (Å²) in [4.78, 5) is 30.7. The maximum atomic E-state index is 13.6. The van der Waals surface area contributed by atoms with E-state index in [1.165, 1.54) is 28.4 Å². The van der Waals surface area contributed by atoms with Crippen LogP contribution < -0.4 is 19.5 Å². The Morgan fingerprint density at radius 2 is 1.60 bits per heavy atom. The highest BCUT2D eigenvalue weighted by molar-refractivity contribution is 6.00. The monoisotopic (exact) mass is 573 g/mol. The smallest absolute Gasteiger partial charge is 0.337 e. The van der Waals surface area contributed by atoms with E-state index in [0.717, 1.165) is 17.7 Å². The molecule has 42 heavy (non-hydrogen) atoms. The fraction of sp³-hybridized carbons (Fsp3) is 0.281. The highest BCUT2D eigenvalue weighted by atomic mass is 16.5. The minimum Gasteiger partial charge on any atom is -0.493 e. The molecule has 0 amide bonds. The molecule has 10 nitrogen and oxygen atoms in total. The number of benzene rings is 2. The van der Waals surface area contributed by atoms with Gasteiger partial charge in [-0.05, 0) is 37.1 Å². The Morgan fingerprint density at radius 1 is 0.905 bits per heavy atom. The number of ether oxygens (including phenoxy) is 5. The van der Waals surface area contributed by atoms with Crippen LogP contribution in [0.3, 0.4) is 0 Å². The minimum absolute atomic E-state index is 0.0262. The minimum atomic E-state index is -0.854. The number of carbonyl (C=O) groups excluding carboxylic acids is 2. The maximum absolute atomic E-state index is 13.6. The molecule has 2 heterocycles. The van der Waals surface area contributed by atoms with Crippen LogP contribution in [0.25, 0.3) is 6.08 Å². The van der Waals surface area contributed by atoms with E-state index in [2.05, 4.69) is 10.3 Å². The summed E-state index contributed by atoms with van der Waals surface area (Å²) in [6.45, 7) is 4.27. The van der Waals surface area contributed by atoms with E-state index < -0.39 is 17.9 Å². The Labute approximate surface area is 245 Å². The molecular formula is C32H35N3O7. The molecular weight excluding hydrogens is 538 g/mol. The van der Waals surface area contributed by atoms with Gasteiger partial charge in [-0.2, -0.15) is 0 Å². The first-order valence-electron chi connectivity index (χ1n) is 13.3. The van der Waals surface area contributed by atoms with Crippen LogP contribution in [0.2, 0.25) is 0 Å². The van der Waals surface area contributed by atoms with Crippen LogP contribution in [0, 0.1) is 0 Å². The van der Waals surface area contributed by atoms with E-state index in [1.807, 2.05) is 41.1 Å². The molecule has 0 radical (unpaired) electrons. The third-order valence-corrected chi connectivity index (χ3v) is 6.96. The number of rotatable bonds is 11. The number of nitrogens with one attached hydrogen (secondary N) is 1. The van der Waals surface area contributed by atoms with Gasteiger partial charge in [-0.3, -0.25) is 0 Å². The first-order valence-corrected chi connectivity index (χ1v) is 13.3. The lowest BCUT2D eigenvalue weighted by molar-refractivity contribution is -0.138. The van der Waals surface area contributed by atoms with E-state index in [4.69, 9.17) is 23.7 Å². The molecule has 1 aliphatic heterocycles. The summed E-state index contributed by atoms with van der Waals surface area (Å²) in [7, 11) is 5.79. The molecule has 1 aliphatic rings. The third-order valence-electron chi connectivity index (χ3n) is 6.96. The second-order valence-electron chi connectivity index (χ2n) is 9.53. The standard InChI is InChI=1S/C32H35N3O7/c1-20-26(31(36)41-6)28(24-13-14-25(38-3)30(40-5)29(24)39-4)27(21(2)34-20)32(37)42-17-7-8-22-9-11-23(12-10-22)18-35-16-15-33-19-35/h7-16,19,28,34H,17-18H2,1-6H3. The number of methoxy groups -OCH3 is 4. The van der Waals surface area contributed by atoms with Crippen LogP contribution in [-0.2, 0) is 25.6 Å². The van der Waals surface area contributed by atoms with Crippen molar-refractivity contribution in [1.82, 2.24) is 14.9 Å². The van der Waals surface area contributed by atoms with Crippen molar-refractivity contribution in [1.29, 1.82) is 0 Å². The number of allylic oxidation sites excluding steroid dienone is 2. The first kappa shape index (κ1) is 30.0. The molecule has 220 valence electrons. The second kappa shape index (κ2) is 13.6. The van der Waals surface area contributed by atoms with Gasteiger partial charge in [0.2, 0.25) is 5.75 Å². The lowest BCUT2D eigenvalue weighted by atomic mass is 9.79. The molecule has 0 saturated carbocycles. The highest BCUT2D eigenvalue weighted by Gasteiger charge is 2.40. The molecule has 1 aromatic heterocycles. The van der Waals surface area contributed by atoms with Gasteiger partial charge in [-0.1, -0.05) is 36.4 Å². The van der Waals surface area contributed by atoms with Crippen molar-refractivity contribution in [2.75, 3.05) is 35.0 Å². The van der Waals surface area contributed by atoms with Gasteiger partial charge in [0.1, 0.15) is 6.61 Å². The number of dihydropyridines is 1. The topological polar surface area (TPSA) is 110 Å². The van der Waals surface area contributed by atoms with Crippen LogP contribution in [0.5, 0.6) is 17.2 Å². The molecule has 0 spiro atoms. The van der Waals surface area contributed by atoms with Crippen LogP contribution in [0.4, 0.5) is 0 Å². The van der Waals surface area contributed by atoms with E-state index in [9.17, 15) is 9.59 Å². The Kier molecular flexibility index (Phi) is 9.69. The van der Waals surface area contributed by atoms with Gasteiger partial charge < -0.3 is 33.6 Å². The summed E-state index contributed by atoms with van der Waals surface area (Å²) in [5.41, 5.74) is 4.24. The normalized spacial score (nSPS) is 15.0. The lowest BCUT2D eigenvalue weighted by Gasteiger charge is -2.31. The average molecular weight is 574 g/mol. The molecule has 0 aliphatic carbocycles. The predicted molar refractivity (Wildman–Crippen MR) is 157 cm³/mol. The van der Waals surface area contributed by atoms with Crippen molar-refractivity contribution in [3.63, 3.8) is 0 Å². The molecule has 0 saturated heterocycles. The molecule has 0 fully saturated rings. The number of nitrogens with zero attached hydrogens (tertiary/aromatic N) is 2. The Bertz CT molecular complexity index is 1520. The van der Waals surface area contributed by atoms with Crippen LogP contribution in [0.1, 0.15) is 36.5 Å². The zero-order valence-electron chi connectivity index (χ0n) is 24.6. The van der Waals surface area contributed by atoms with Gasteiger partial charge in [0.25, 0.3) is 0 Å². The fourth-order valence-corrected chi connectivity index (χ4v) is 5.02. The van der Waals surface area contributed by atoms with Gasteiger partial charge in [-0.15, -0.1) is 0 Å². The van der Waals surface area contributed by atoms with E-state index >= 15 is 0 Å². The summed E-state index contributed by atoms with van der Waals surface area (Å²) >= 11 is 0. The summed E-state index contributed by atoms with van der Waals surface area (Å²) < 4.78 is 29.5. The Hall–Kier alpha value is -4.99. The first-order chi connectivity index (χ1) is 20.3. The van der Waals surface area contributed by atoms with Gasteiger partial charge in [0.15, 0.2) is 11.5 Å². The molecule has 3 aromatic rings. The molecule has 0 bridgehead atoms. The number of hydrogen-bond donors (Lipinski definition) is 1. The van der Waals surface area contributed by atoms with Gasteiger partial charge >= 0.3 is 11.9 Å². The van der Waals surface area contributed by atoms with Gasteiger partial charge in [0, 0.05) is 35.9 Å². The van der Waals surface area contributed by atoms with E-state index in [-0.39, 0.29) is 17.8 Å². The Balaban J connectivity index is 1.58. The van der Waals surface area contributed by atoms with Crippen molar-refractivity contribution in [2.45, 2.75) is 26.3 Å². The lowest BCUT2D eigenvalue weighted by Crippen LogP contribution is -2.32. The number of imidazole rings is 1. The highest BCUT2D eigenvalue weighted by Crippen LogP contribution is 2.48. The van der Waals surface area contributed by atoms with Crippen LogP contribution in [-0.4, -0.2) is 56.5 Å². The summed E-state index contributed by atoms with van der Waals surface area (Å²) in [6.07, 6.45) is 9.09. The molecule has 1 unspecified atom stereocenters. The zero-order valence-corrected chi connectivity index (χ0v) is 24.6. The van der Waals surface area contributed by atoms with Gasteiger partial charge in [-0.25, -0.2) is 14.6 Å². The molecule has 1 atom stereocenters. The number of carbonyl (C=O) groups is 2. The van der Waals surface area contributed by atoms with E-state index in [0.29, 0.717) is 34.2 Å². The fourth-order valence-electron chi connectivity index (χ4n) is 5.02. The van der Waals surface area contributed by atoms with Crippen molar-refractivity contribution >= 4 is 18.0 Å². The molecule has 1 N–H and O–H groups in total. The Morgan fingerprint density at radius 3 is 2.19 bits per heavy atom. The largest absolute Gasteiger partial charge is 0.493 e. The van der Waals surface area contributed by atoms with Crippen molar-refractivity contribution < 1.29 is 33.3 Å².